The molecule has 0 atom stereocenters. The molecule has 0 heterocycles. The van der Waals surface area contributed by atoms with Crippen molar-refractivity contribution in [3.8, 4) is 11.8 Å². The molecule has 0 aliphatic rings. The van der Waals surface area contributed by atoms with Gasteiger partial charge in [0, 0.05) is 5.56 Å². The van der Waals surface area contributed by atoms with Crippen LogP contribution in [-0.4, -0.2) is 11.7 Å². The van der Waals surface area contributed by atoms with Crippen molar-refractivity contribution in [2.45, 2.75) is 0 Å². The van der Waals surface area contributed by atoms with E-state index in [0.717, 1.165) is 11.1 Å². The van der Waals surface area contributed by atoms with Crippen molar-refractivity contribution < 1.29 is 5.11 Å². The molecule has 12 heavy (non-hydrogen) atoms. The van der Waals surface area contributed by atoms with Gasteiger partial charge in [0.15, 0.2) is 0 Å². The monoisotopic (exact) mass is 158 g/mol. The van der Waals surface area contributed by atoms with Crippen LogP contribution in [0.4, 0.5) is 0 Å². The van der Waals surface area contributed by atoms with Crippen LogP contribution in [-0.2, 0) is 0 Å². The second kappa shape index (κ2) is 4.38. The van der Waals surface area contributed by atoms with Crippen LogP contribution in [0.3, 0.4) is 0 Å². The third kappa shape index (κ3) is 1.98. The van der Waals surface area contributed by atoms with Crippen molar-refractivity contribution >= 4 is 6.08 Å². The fourth-order valence-electron chi connectivity index (χ4n) is 0.924. The SMILES string of the molecule is C=Cc1ccccc1C#CCO. The van der Waals surface area contributed by atoms with Crippen LogP contribution in [0.1, 0.15) is 11.1 Å². The standard InChI is InChI=1S/C11H10O/c1-2-10-6-3-4-7-11(10)8-5-9-12/h2-4,6-7,12H,1,9H2. The lowest BCUT2D eigenvalue weighted by atomic mass is 10.1. The summed E-state index contributed by atoms with van der Waals surface area (Å²) in [4.78, 5) is 0. The number of hydrogen-bond acceptors (Lipinski definition) is 1. The molecule has 1 heteroatoms. The maximum Gasteiger partial charge on any atom is 0.104 e. The predicted octanol–water partition coefficient (Wildman–Crippen LogP) is 1.67. The molecular weight excluding hydrogens is 148 g/mol. The van der Waals surface area contributed by atoms with Gasteiger partial charge in [0.05, 0.1) is 0 Å². The first kappa shape index (κ1) is 8.58. The molecule has 0 radical (unpaired) electrons. The largest absolute Gasteiger partial charge is 0.384 e. The molecule has 1 nitrogen and oxygen atoms in total. The summed E-state index contributed by atoms with van der Waals surface area (Å²) < 4.78 is 0. The van der Waals surface area contributed by atoms with E-state index in [2.05, 4.69) is 18.4 Å². The molecule has 1 N–H and O–H groups in total. The van der Waals surface area contributed by atoms with Crippen molar-refractivity contribution in [3.05, 3.63) is 42.0 Å². The Hall–Kier alpha value is -1.52. The molecule has 0 bridgehead atoms. The summed E-state index contributed by atoms with van der Waals surface area (Å²) in [6.45, 7) is 3.56. The van der Waals surface area contributed by atoms with Crippen LogP contribution < -0.4 is 0 Å². The topological polar surface area (TPSA) is 20.2 Å². The van der Waals surface area contributed by atoms with Crippen molar-refractivity contribution in [3.63, 3.8) is 0 Å². The summed E-state index contributed by atoms with van der Waals surface area (Å²) in [5.41, 5.74) is 1.90. The highest BCUT2D eigenvalue weighted by Crippen LogP contribution is 2.07. The third-order valence-electron chi connectivity index (χ3n) is 1.48. The quantitative estimate of drug-likeness (QED) is 0.616. The van der Waals surface area contributed by atoms with Crippen LogP contribution in [0.5, 0.6) is 0 Å². The second-order valence-corrected chi connectivity index (χ2v) is 2.25. The van der Waals surface area contributed by atoms with Gasteiger partial charge in [-0.3, -0.25) is 0 Å². The Morgan fingerprint density at radius 1 is 1.42 bits per heavy atom. The van der Waals surface area contributed by atoms with Gasteiger partial charge >= 0.3 is 0 Å². The number of rotatable bonds is 1. The lowest BCUT2D eigenvalue weighted by Crippen LogP contribution is -1.81. The number of aliphatic hydroxyl groups excluding tert-OH is 1. The molecule has 0 unspecified atom stereocenters. The number of benzene rings is 1. The fraction of sp³-hybridized carbons (Fsp3) is 0.0909. The maximum atomic E-state index is 8.49. The van der Waals surface area contributed by atoms with Crippen molar-refractivity contribution in [1.82, 2.24) is 0 Å². The average molecular weight is 158 g/mol. The highest BCUT2D eigenvalue weighted by molar-refractivity contribution is 5.57. The van der Waals surface area contributed by atoms with Crippen molar-refractivity contribution in [1.29, 1.82) is 0 Å². The molecule has 0 saturated heterocycles. The van der Waals surface area contributed by atoms with Gasteiger partial charge in [0.1, 0.15) is 6.61 Å². The van der Waals surface area contributed by atoms with Gasteiger partial charge in [-0.2, -0.15) is 0 Å². The number of hydrogen-bond donors (Lipinski definition) is 1. The summed E-state index contributed by atoms with van der Waals surface area (Å²) in [6.07, 6.45) is 1.75. The van der Waals surface area contributed by atoms with Crippen LogP contribution in [0.15, 0.2) is 30.8 Å². The Morgan fingerprint density at radius 3 is 2.83 bits per heavy atom. The summed E-state index contributed by atoms with van der Waals surface area (Å²) in [5.74, 6) is 5.44. The zero-order chi connectivity index (χ0) is 8.81. The van der Waals surface area contributed by atoms with Crippen molar-refractivity contribution in [2.75, 3.05) is 6.61 Å². The Morgan fingerprint density at radius 2 is 2.17 bits per heavy atom. The molecule has 1 rings (SSSR count). The van der Waals surface area contributed by atoms with Gasteiger partial charge in [-0.25, -0.2) is 0 Å². The summed E-state index contributed by atoms with van der Waals surface area (Å²) in [5, 5.41) is 8.49. The average Bonchev–Trinajstić information content (AvgIpc) is 2.15. The molecule has 1 aromatic carbocycles. The predicted molar refractivity (Wildman–Crippen MR) is 50.5 cm³/mol. The minimum Gasteiger partial charge on any atom is -0.384 e. The highest BCUT2D eigenvalue weighted by atomic mass is 16.2. The first-order chi connectivity index (χ1) is 5.88. The lowest BCUT2D eigenvalue weighted by molar-refractivity contribution is 0.350. The minimum absolute atomic E-state index is 0.106. The number of aliphatic hydroxyl groups is 1. The molecule has 0 spiro atoms. The van der Waals surface area contributed by atoms with Crippen LogP contribution in [0.25, 0.3) is 6.08 Å². The molecule has 0 aliphatic carbocycles. The van der Waals surface area contributed by atoms with E-state index in [9.17, 15) is 0 Å². The Kier molecular flexibility index (Phi) is 3.13. The van der Waals surface area contributed by atoms with Crippen molar-refractivity contribution in [2.24, 2.45) is 0 Å². The molecule has 0 aliphatic heterocycles. The second-order valence-electron chi connectivity index (χ2n) is 2.25. The van der Waals surface area contributed by atoms with E-state index < -0.39 is 0 Å². The van der Waals surface area contributed by atoms with E-state index in [1.54, 1.807) is 6.08 Å². The van der Waals surface area contributed by atoms with E-state index in [4.69, 9.17) is 5.11 Å². The van der Waals surface area contributed by atoms with Gasteiger partial charge in [-0.1, -0.05) is 42.7 Å². The molecule has 1 aromatic rings. The normalized spacial score (nSPS) is 8.42. The molecule has 0 amide bonds. The molecule has 0 aromatic heterocycles. The fourth-order valence-corrected chi connectivity index (χ4v) is 0.924. The van der Waals surface area contributed by atoms with Crippen LogP contribution in [0, 0.1) is 11.8 Å². The highest BCUT2D eigenvalue weighted by Gasteiger charge is 1.91. The smallest absolute Gasteiger partial charge is 0.104 e. The lowest BCUT2D eigenvalue weighted by Gasteiger charge is -1.95. The van der Waals surface area contributed by atoms with Gasteiger partial charge in [-0.05, 0) is 11.6 Å². The van der Waals surface area contributed by atoms with Gasteiger partial charge in [0.25, 0.3) is 0 Å². The minimum atomic E-state index is -0.106. The molecule has 60 valence electrons. The van der Waals surface area contributed by atoms with E-state index in [1.807, 2.05) is 24.3 Å². The van der Waals surface area contributed by atoms with Gasteiger partial charge < -0.3 is 5.11 Å². The summed E-state index contributed by atoms with van der Waals surface area (Å²) >= 11 is 0. The van der Waals surface area contributed by atoms with E-state index in [1.165, 1.54) is 0 Å². The maximum absolute atomic E-state index is 8.49. The zero-order valence-electron chi connectivity index (χ0n) is 6.75. The Balaban J connectivity index is 3.05. The first-order valence-electron chi connectivity index (χ1n) is 3.69. The Bertz CT molecular complexity index is 328. The van der Waals surface area contributed by atoms with E-state index in [0.29, 0.717) is 0 Å². The van der Waals surface area contributed by atoms with Crippen LogP contribution in [0.2, 0.25) is 0 Å². The first-order valence-corrected chi connectivity index (χ1v) is 3.69. The zero-order valence-corrected chi connectivity index (χ0v) is 6.75. The van der Waals surface area contributed by atoms with E-state index in [-0.39, 0.29) is 6.61 Å². The molecular formula is C11H10O. The summed E-state index contributed by atoms with van der Waals surface area (Å²) in [6, 6.07) is 7.68. The molecule has 0 fully saturated rings. The summed E-state index contributed by atoms with van der Waals surface area (Å²) in [7, 11) is 0. The third-order valence-corrected chi connectivity index (χ3v) is 1.48. The molecule has 0 saturated carbocycles. The Labute approximate surface area is 72.4 Å². The van der Waals surface area contributed by atoms with Gasteiger partial charge in [-0.15, -0.1) is 0 Å². The van der Waals surface area contributed by atoms with Gasteiger partial charge in [0.2, 0.25) is 0 Å². The van der Waals surface area contributed by atoms with E-state index >= 15 is 0 Å². The van der Waals surface area contributed by atoms with Crippen LogP contribution >= 0.6 is 0 Å².